The van der Waals surface area contributed by atoms with Crippen LogP contribution in [0.2, 0.25) is 0 Å². The van der Waals surface area contributed by atoms with Crippen LogP contribution in [0.25, 0.3) is 22.0 Å². The van der Waals surface area contributed by atoms with Crippen molar-refractivity contribution in [3.63, 3.8) is 0 Å². The first-order valence-corrected chi connectivity index (χ1v) is 5.48. The first kappa shape index (κ1) is 10.5. The molecule has 0 fully saturated rings. The summed E-state index contributed by atoms with van der Waals surface area (Å²) in [5.74, 6) is 0. The molecule has 2 heterocycles. The molecule has 0 aliphatic carbocycles. The van der Waals surface area contributed by atoms with Crippen LogP contribution < -0.4 is 0 Å². The summed E-state index contributed by atoms with van der Waals surface area (Å²) in [5, 5.41) is 15.0. The van der Waals surface area contributed by atoms with E-state index in [-0.39, 0.29) is 0 Å². The lowest BCUT2D eigenvalue weighted by Crippen LogP contribution is -1.63. The van der Waals surface area contributed by atoms with Gasteiger partial charge in [-0.3, -0.25) is 0 Å². The van der Waals surface area contributed by atoms with Gasteiger partial charge in [-0.1, -0.05) is 29.4 Å². The van der Waals surface area contributed by atoms with Crippen LogP contribution in [0.3, 0.4) is 0 Å². The summed E-state index contributed by atoms with van der Waals surface area (Å²) in [4.78, 5) is 0. The second-order valence-electron chi connectivity index (χ2n) is 3.68. The molecule has 5 nitrogen and oxygen atoms in total. The molecular formula is C13H10N4O. The molecule has 1 N–H and O–H groups in total. The summed E-state index contributed by atoms with van der Waals surface area (Å²) < 4.78 is 4.87. The van der Waals surface area contributed by atoms with Gasteiger partial charge in [0.25, 0.3) is 0 Å². The van der Waals surface area contributed by atoms with Crippen LogP contribution in [0.4, 0.5) is 0 Å². The molecule has 4 rings (SSSR count). The molecule has 4 aromatic rings. The smallest absolute Gasteiger partial charge is 0.166 e. The maximum atomic E-state index is 4.87. The van der Waals surface area contributed by atoms with Crippen molar-refractivity contribution in [2.45, 2.75) is 0 Å². The van der Waals surface area contributed by atoms with Gasteiger partial charge in [0.05, 0.1) is 6.20 Å². The first-order valence-electron chi connectivity index (χ1n) is 5.48. The summed E-state index contributed by atoms with van der Waals surface area (Å²) in [6.45, 7) is 0. The Morgan fingerprint density at radius 1 is 0.833 bits per heavy atom. The number of H-pyrrole nitrogens is 1. The third-order valence-corrected chi connectivity index (χ3v) is 2.48. The fraction of sp³-hybridized carbons (Fsp3) is 0. The summed E-state index contributed by atoms with van der Waals surface area (Å²) in [6, 6.07) is 15.4. The topological polar surface area (TPSA) is 67.6 Å². The highest BCUT2D eigenvalue weighted by Crippen LogP contribution is 2.10. The van der Waals surface area contributed by atoms with Gasteiger partial charge in [0.1, 0.15) is 11.0 Å². The summed E-state index contributed by atoms with van der Waals surface area (Å²) in [5.41, 5.74) is 2.67. The third-order valence-electron chi connectivity index (χ3n) is 2.48. The minimum Gasteiger partial charge on any atom is -0.356 e. The van der Waals surface area contributed by atoms with E-state index in [4.69, 9.17) is 4.52 Å². The van der Waals surface area contributed by atoms with Crippen LogP contribution in [-0.4, -0.2) is 20.6 Å². The van der Waals surface area contributed by atoms with E-state index in [0.717, 1.165) is 22.0 Å². The zero-order chi connectivity index (χ0) is 12.2. The van der Waals surface area contributed by atoms with Gasteiger partial charge in [-0.25, -0.2) is 0 Å². The van der Waals surface area contributed by atoms with Crippen molar-refractivity contribution >= 4 is 22.0 Å². The van der Waals surface area contributed by atoms with Crippen molar-refractivity contribution in [2.75, 3.05) is 0 Å². The molecule has 5 heteroatoms. The zero-order valence-electron chi connectivity index (χ0n) is 9.45. The van der Waals surface area contributed by atoms with Crippen molar-refractivity contribution in [3.8, 4) is 0 Å². The number of rotatable bonds is 0. The molecule has 2 aromatic heterocycles. The Labute approximate surface area is 102 Å². The normalized spacial score (nSPS) is 10.2. The summed E-state index contributed by atoms with van der Waals surface area (Å²) in [7, 11) is 0. The van der Waals surface area contributed by atoms with E-state index >= 15 is 0 Å². The third kappa shape index (κ3) is 2.06. The number of hydrogen-bond acceptors (Lipinski definition) is 4. The van der Waals surface area contributed by atoms with Crippen molar-refractivity contribution in [2.24, 2.45) is 0 Å². The number of nitrogens with zero attached hydrogens (tertiary/aromatic N) is 3. The summed E-state index contributed by atoms with van der Waals surface area (Å²) >= 11 is 0. The largest absolute Gasteiger partial charge is 0.356 e. The molecule has 0 atom stereocenters. The summed E-state index contributed by atoms with van der Waals surface area (Å²) in [6.07, 6.45) is 1.70. The van der Waals surface area contributed by atoms with Gasteiger partial charge in [0.15, 0.2) is 5.58 Å². The molecule has 0 spiro atoms. The average Bonchev–Trinajstić information content (AvgIpc) is 3.08. The Bertz CT molecular complexity index is 633. The average molecular weight is 238 g/mol. The van der Waals surface area contributed by atoms with E-state index in [1.165, 1.54) is 0 Å². The molecule has 0 radical (unpaired) electrons. The maximum Gasteiger partial charge on any atom is 0.166 e. The highest BCUT2D eigenvalue weighted by Gasteiger charge is 1.91. The molecular weight excluding hydrogens is 228 g/mol. The van der Waals surface area contributed by atoms with Crippen molar-refractivity contribution in [3.05, 3.63) is 54.7 Å². The minimum atomic E-state index is 0.845. The van der Waals surface area contributed by atoms with Crippen LogP contribution in [0.5, 0.6) is 0 Å². The molecule has 0 aliphatic rings. The highest BCUT2D eigenvalue weighted by molar-refractivity contribution is 5.75. The second-order valence-corrected chi connectivity index (χ2v) is 3.68. The van der Waals surface area contributed by atoms with E-state index in [1.807, 2.05) is 48.5 Å². The van der Waals surface area contributed by atoms with Gasteiger partial charge in [0, 0.05) is 5.39 Å². The van der Waals surface area contributed by atoms with Gasteiger partial charge < -0.3 is 4.52 Å². The first-order chi connectivity index (χ1) is 8.93. The van der Waals surface area contributed by atoms with Crippen molar-refractivity contribution in [1.82, 2.24) is 20.6 Å². The van der Waals surface area contributed by atoms with Gasteiger partial charge >= 0.3 is 0 Å². The van der Waals surface area contributed by atoms with Gasteiger partial charge in [0.2, 0.25) is 0 Å². The molecule has 0 saturated carbocycles. The van der Waals surface area contributed by atoms with Crippen LogP contribution in [0, 0.1) is 0 Å². The Morgan fingerprint density at radius 3 is 2.22 bits per heavy atom. The molecule has 2 aromatic carbocycles. The molecule has 0 aliphatic heterocycles. The van der Waals surface area contributed by atoms with Crippen LogP contribution in [0.1, 0.15) is 0 Å². The molecule has 88 valence electrons. The van der Waals surface area contributed by atoms with Gasteiger partial charge in [-0.05, 0) is 24.3 Å². The Hall–Kier alpha value is -2.69. The number of para-hydroxylation sites is 3. The van der Waals surface area contributed by atoms with E-state index in [1.54, 1.807) is 6.20 Å². The lowest BCUT2D eigenvalue weighted by atomic mass is 10.3. The lowest BCUT2D eigenvalue weighted by molar-refractivity contribution is 0.456. The number of hydrogen-bond donors (Lipinski definition) is 1. The molecule has 0 unspecified atom stereocenters. The fourth-order valence-corrected chi connectivity index (χ4v) is 1.60. The number of nitrogens with one attached hydrogen (secondary N) is 1. The Balaban J connectivity index is 0.000000111. The van der Waals surface area contributed by atoms with Crippen molar-refractivity contribution < 1.29 is 4.52 Å². The van der Waals surface area contributed by atoms with Crippen LogP contribution >= 0.6 is 0 Å². The highest BCUT2D eigenvalue weighted by atomic mass is 16.5. The van der Waals surface area contributed by atoms with Crippen LogP contribution in [-0.2, 0) is 0 Å². The van der Waals surface area contributed by atoms with Crippen LogP contribution in [0.15, 0.2) is 59.3 Å². The Morgan fingerprint density at radius 2 is 1.50 bits per heavy atom. The standard InChI is InChI=1S/C7H5NO.C6H5N3/c1-2-4-7-6(3-1)5-8-9-7;1-2-4-6-5(3-1)7-9-8-6/h1-5H;1-4H,(H,7,8,9). The monoisotopic (exact) mass is 238 g/mol. The predicted molar refractivity (Wildman–Crippen MR) is 67.9 cm³/mol. The van der Waals surface area contributed by atoms with E-state index < -0.39 is 0 Å². The lowest BCUT2D eigenvalue weighted by Gasteiger charge is -1.78. The zero-order valence-corrected chi connectivity index (χ0v) is 9.45. The van der Waals surface area contributed by atoms with E-state index in [2.05, 4.69) is 20.6 Å². The van der Waals surface area contributed by atoms with Gasteiger partial charge in [-0.2, -0.15) is 15.4 Å². The second kappa shape index (κ2) is 4.67. The van der Waals surface area contributed by atoms with Gasteiger partial charge in [-0.15, -0.1) is 0 Å². The fourth-order valence-electron chi connectivity index (χ4n) is 1.60. The van der Waals surface area contributed by atoms with E-state index in [0.29, 0.717) is 0 Å². The number of fused-ring (bicyclic) bond motifs is 2. The number of aromatic nitrogens is 4. The van der Waals surface area contributed by atoms with Crippen molar-refractivity contribution in [1.29, 1.82) is 0 Å². The predicted octanol–water partition coefficient (Wildman–Crippen LogP) is 2.79. The van der Waals surface area contributed by atoms with E-state index in [9.17, 15) is 0 Å². The minimum absolute atomic E-state index is 0.845. The number of aromatic amines is 1. The molecule has 18 heavy (non-hydrogen) atoms. The SMILES string of the molecule is c1ccc2n[nH]nc2c1.c1ccc2oncc2c1. The quantitative estimate of drug-likeness (QED) is 0.511. The molecule has 0 saturated heterocycles. The Kier molecular flexibility index (Phi) is 2.71. The molecule has 0 bridgehead atoms. The molecule has 0 amide bonds. The maximum absolute atomic E-state index is 4.87. The number of benzene rings is 2.